The molecule has 1 aromatic rings. The van der Waals surface area contributed by atoms with Crippen LogP contribution in [0.25, 0.3) is 0 Å². The van der Waals surface area contributed by atoms with Crippen LogP contribution in [0.3, 0.4) is 0 Å². The number of aliphatic hydroxyl groups excluding tert-OH is 1. The normalized spacial score (nSPS) is 26.6. The largest absolute Gasteiger partial charge is 0.487 e. The zero-order valence-corrected chi connectivity index (χ0v) is 18.5. The summed E-state index contributed by atoms with van der Waals surface area (Å²) >= 11 is 6.21. The first-order chi connectivity index (χ1) is 14.8. The number of amides is 1. The maximum absolute atomic E-state index is 13.3. The van der Waals surface area contributed by atoms with Crippen LogP contribution in [0.15, 0.2) is 51.4 Å². The molecule has 0 aromatic heterocycles. The number of benzene rings is 1. The van der Waals surface area contributed by atoms with Crippen LogP contribution in [0.5, 0.6) is 5.75 Å². The second kappa shape index (κ2) is 8.85. The predicted molar refractivity (Wildman–Crippen MR) is 121 cm³/mol. The summed E-state index contributed by atoms with van der Waals surface area (Å²) in [6.07, 6.45) is 2.65. The van der Waals surface area contributed by atoms with Crippen molar-refractivity contribution in [3.05, 3.63) is 52.0 Å². The predicted octanol–water partition coefficient (Wildman–Crippen LogP) is 3.59. The van der Waals surface area contributed by atoms with Gasteiger partial charge in [-0.1, -0.05) is 30.2 Å². The van der Waals surface area contributed by atoms with E-state index in [1.165, 1.54) is 0 Å². The van der Waals surface area contributed by atoms with Gasteiger partial charge in [0.25, 0.3) is 5.91 Å². The SMILES string of the molecule is CC1=N/C(=C2\CN(C(=O)c3ccccc3OC3CCCCC3O)CC2=N)NC(C)=C1Cl. The van der Waals surface area contributed by atoms with Gasteiger partial charge in [0.1, 0.15) is 17.7 Å². The number of nitrogens with one attached hydrogen (secondary N) is 2. The van der Waals surface area contributed by atoms with E-state index in [2.05, 4.69) is 10.3 Å². The number of aliphatic imine (C=N–C) groups is 1. The van der Waals surface area contributed by atoms with Crippen LogP contribution in [-0.2, 0) is 0 Å². The molecule has 4 rings (SSSR count). The van der Waals surface area contributed by atoms with Gasteiger partial charge in [-0.05, 0) is 45.2 Å². The van der Waals surface area contributed by atoms with Crippen molar-refractivity contribution < 1.29 is 14.6 Å². The molecule has 2 atom stereocenters. The average molecular weight is 443 g/mol. The van der Waals surface area contributed by atoms with Crippen LogP contribution >= 0.6 is 11.6 Å². The molecule has 0 radical (unpaired) electrons. The zero-order chi connectivity index (χ0) is 22.1. The highest BCUT2D eigenvalue weighted by Crippen LogP contribution is 2.29. The lowest BCUT2D eigenvalue weighted by atomic mass is 9.95. The Morgan fingerprint density at radius 1 is 1.26 bits per heavy atom. The highest BCUT2D eigenvalue weighted by atomic mass is 35.5. The van der Waals surface area contributed by atoms with E-state index in [9.17, 15) is 9.90 Å². The summed E-state index contributed by atoms with van der Waals surface area (Å²) in [4.78, 5) is 19.4. The standard InChI is InChI=1S/C23H27ClN4O3/c1-13-21(24)14(2)27-22(26-13)16-11-28(12-17(16)25)23(30)15-7-3-5-9-19(15)31-20-10-6-4-8-18(20)29/h3,5,7,9,18,20,25-26,29H,4,6,8,10-12H2,1-2H3/b22-16+,25-17?. The molecule has 0 bridgehead atoms. The van der Waals surface area contributed by atoms with Gasteiger partial charge in [-0.2, -0.15) is 0 Å². The van der Waals surface area contributed by atoms with Crippen molar-refractivity contribution >= 4 is 28.9 Å². The summed E-state index contributed by atoms with van der Waals surface area (Å²) in [7, 11) is 0. The van der Waals surface area contributed by atoms with Gasteiger partial charge < -0.3 is 25.5 Å². The van der Waals surface area contributed by atoms with Gasteiger partial charge in [0, 0.05) is 11.3 Å². The molecule has 3 N–H and O–H groups in total. The smallest absolute Gasteiger partial charge is 0.258 e. The van der Waals surface area contributed by atoms with Crippen molar-refractivity contribution in [3.63, 3.8) is 0 Å². The van der Waals surface area contributed by atoms with E-state index in [1.807, 2.05) is 19.9 Å². The molecule has 7 nitrogen and oxygen atoms in total. The van der Waals surface area contributed by atoms with E-state index >= 15 is 0 Å². The molecule has 8 heteroatoms. The first-order valence-electron chi connectivity index (χ1n) is 10.6. The molecule has 2 aliphatic heterocycles. The molecule has 1 aromatic carbocycles. The van der Waals surface area contributed by atoms with E-state index in [0.29, 0.717) is 45.6 Å². The molecular formula is C23H27ClN4O3. The van der Waals surface area contributed by atoms with E-state index in [0.717, 1.165) is 25.0 Å². The third-order valence-electron chi connectivity index (χ3n) is 5.93. The Hall–Kier alpha value is -2.64. The lowest BCUT2D eigenvalue weighted by Crippen LogP contribution is -2.35. The van der Waals surface area contributed by atoms with Crippen LogP contribution < -0.4 is 10.1 Å². The van der Waals surface area contributed by atoms with E-state index in [4.69, 9.17) is 21.7 Å². The van der Waals surface area contributed by atoms with Gasteiger partial charge in [0.05, 0.1) is 41.2 Å². The quantitative estimate of drug-likeness (QED) is 0.666. The summed E-state index contributed by atoms with van der Waals surface area (Å²) in [5, 5.41) is 22.4. The van der Waals surface area contributed by atoms with Crippen LogP contribution in [0.4, 0.5) is 0 Å². The first-order valence-corrected chi connectivity index (χ1v) is 11.0. The number of aliphatic hydroxyl groups is 1. The minimum Gasteiger partial charge on any atom is -0.487 e. The fourth-order valence-electron chi connectivity index (χ4n) is 4.18. The Balaban J connectivity index is 1.55. The maximum Gasteiger partial charge on any atom is 0.258 e. The summed E-state index contributed by atoms with van der Waals surface area (Å²) in [5.41, 5.74) is 2.92. The Labute approximate surface area is 187 Å². The Morgan fingerprint density at radius 2 is 2.00 bits per heavy atom. The minimum absolute atomic E-state index is 0.199. The number of carbonyl (C=O) groups excluding carboxylic acids is 1. The number of rotatable bonds is 3. The van der Waals surface area contributed by atoms with E-state index < -0.39 is 6.10 Å². The van der Waals surface area contributed by atoms with Crippen molar-refractivity contribution in [3.8, 4) is 5.75 Å². The molecule has 31 heavy (non-hydrogen) atoms. The van der Waals surface area contributed by atoms with Gasteiger partial charge in [-0.15, -0.1) is 0 Å². The number of likely N-dealkylation sites (tertiary alicyclic amines) is 1. The Morgan fingerprint density at radius 3 is 2.74 bits per heavy atom. The Bertz CT molecular complexity index is 1010. The highest BCUT2D eigenvalue weighted by Gasteiger charge is 2.32. The molecule has 1 amide bonds. The monoisotopic (exact) mass is 442 g/mol. The molecule has 2 fully saturated rings. The number of para-hydroxylation sites is 1. The number of allylic oxidation sites excluding steroid dienone is 2. The number of hydrogen-bond acceptors (Lipinski definition) is 6. The second-order valence-corrected chi connectivity index (χ2v) is 8.61. The minimum atomic E-state index is -0.519. The fourth-order valence-corrected chi connectivity index (χ4v) is 4.27. The van der Waals surface area contributed by atoms with Gasteiger partial charge >= 0.3 is 0 Å². The second-order valence-electron chi connectivity index (χ2n) is 8.23. The van der Waals surface area contributed by atoms with Crippen LogP contribution in [0.1, 0.15) is 49.9 Å². The van der Waals surface area contributed by atoms with Crippen molar-refractivity contribution in [1.82, 2.24) is 10.2 Å². The Kier molecular flexibility index (Phi) is 6.16. The van der Waals surface area contributed by atoms with Crippen molar-refractivity contribution in [1.29, 1.82) is 5.41 Å². The number of hydrogen-bond donors (Lipinski definition) is 3. The highest BCUT2D eigenvalue weighted by molar-refractivity contribution is 6.43. The average Bonchev–Trinajstić information content (AvgIpc) is 3.15. The van der Waals surface area contributed by atoms with E-state index in [-0.39, 0.29) is 25.1 Å². The van der Waals surface area contributed by atoms with Crippen LogP contribution in [0, 0.1) is 5.41 Å². The van der Waals surface area contributed by atoms with Gasteiger partial charge in [0.15, 0.2) is 0 Å². The molecule has 2 heterocycles. The topological polar surface area (TPSA) is 98.0 Å². The molecule has 1 saturated heterocycles. The van der Waals surface area contributed by atoms with Crippen molar-refractivity contribution in [2.75, 3.05) is 13.1 Å². The van der Waals surface area contributed by atoms with Gasteiger partial charge in [0.2, 0.25) is 0 Å². The lowest BCUT2D eigenvalue weighted by Gasteiger charge is -2.29. The molecule has 1 aliphatic carbocycles. The summed E-state index contributed by atoms with van der Waals surface area (Å²) in [6.45, 7) is 4.16. The third kappa shape index (κ3) is 4.38. The van der Waals surface area contributed by atoms with Crippen LogP contribution in [0.2, 0.25) is 0 Å². The third-order valence-corrected chi connectivity index (χ3v) is 6.49. The van der Waals surface area contributed by atoms with Crippen molar-refractivity contribution in [2.24, 2.45) is 4.99 Å². The molecule has 0 spiro atoms. The number of ether oxygens (including phenoxy) is 1. The lowest BCUT2D eigenvalue weighted by molar-refractivity contribution is 0.00625. The van der Waals surface area contributed by atoms with Gasteiger partial charge in [-0.25, -0.2) is 4.99 Å². The number of halogens is 1. The molecule has 2 unspecified atom stereocenters. The molecular weight excluding hydrogens is 416 g/mol. The number of carbonyl (C=O) groups is 1. The molecule has 164 valence electrons. The zero-order valence-electron chi connectivity index (χ0n) is 17.7. The number of nitrogens with zero attached hydrogens (tertiary/aromatic N) is 2. The maximum atomic E-state index is 13.3. The van der Waals surface area contributed by atoms with E-state index in [1.54, 1.807) is 23.1 Å². The summed E-state index contributed by atoms with van der Waals surface area (Å²) < 4.78 is 6.07. The summed E-state index contributed by atoms with van der Waals surface area (Å²) in [5.74, 6) is 0.832. The van der Waals surface area contributed by atoms with Gasteiger partial charge in [-0.3, -0.25) is 4.79 Å². The van der Waals surface area contributed by atoms with Crippen molar-refractivity contribution in [2.45, 2.75) is 51.7 Å². The molecule has 1 saturated carbocycles. The summed E-state index contributed by atoms with van der Waals surface area (Å²) in [6, 6.07) is 7.12. The van der Waals surface area contributed by atoms with Crippen LogP contribution in [-0.4, -0.2) is 52.6 Å². The first kappa shape index (κ1) is 21.6. The fraction of sp³-hybridized carbons (Fsp3) is 0.435. The molecule has 3 aliphatic rings.